The molecule has 1 unspecified atom stereocenters. The summed E-state index contributed by atoms with van der Waals surface area (Å²) in [6, 6.07) is 0. The van der Waals surface area contributed by atoms with Crippen LogP contribution in [0.25, 0.3) is 0 Å². The van der Waals surface area contributed by atoms with Crippen molar-refractivity contribution in [2.45, 2.75) is 19.6 Å². The van der Waals surface area contributed by atoms with Gasteiger partial charge in [-0.25, -0.2) is 0 Å². The summed E-state index contributed by atoms with van der Waals surface area (Å²) < 4.78 is 4.45. The van der Waals surface area contributed by atoms with Crippen molar-refractivity contribution in [2.75, 3.05) is 7.11 Å². The van der Waals surface area contributed by atoms with Crippen molar-refractivity contribution >= 4 is 0 Å². The second-order valence-electron chi connectivity index (χ2n) is 1.10. The van der Waals surface area contributed by atoms with Crippen molar-refractivity contribution in [1.29, 1.82) is 0 Å². The third-order valence-electron chi connectivity index (χ3n) is 0.621. The van der Waals surface area contributed by atoms with Crippen LogP contribution in [0.4, 0.5) is 0 Å². The van der Waals surface area contributed by atoms with Crippen LogP contribution in [0.2, 0.25) is 0 Å². The minimum Gasteiger partial charge on any atom is -0.368 e. The normalized spacial score (nSPS) is 12.4. The van der Waals surface area contributed by atoms with Crippen LogP contribution < -0.4 is 0 Å². The van der Waals surface area contributed by atoms with Gasteiger partial charge < -0.3 is 9.84 Å². The molecule has 0 fully saturated rings. The number of ether oxygens (including phenoxy) is 1. The maximum Gasteiger partial charge on any atom is 0.153 e. The zero-order valence-corrected chi connectivity index (χ0v) is 7.10. The Morgan fingerprint density at radius 3 is 2.14 bits per heavy atom. The van der Waals surface area contributed by atoms with Crippen molar-refractivity contribution in [1.82, 2.24) is 0 Å². The van der Waals surface area contributed by atoms with Crippen LogP contribution in [0, 0.1) is 0 Å². The molecule has 3 heteroatoms. The summed E-state index contributed by atoms with van der Waals surface area (Å²) in [5.41, 5.74) is 0. The molecular weight excluding hydrogens is 171 g/mol. The van der Waals surface area contributed by atoms with Crippen molar-refractivity contribution in [3.63, 3.8) is 0 Å². The van der Waals surface area contributed by atoms with Crippen molar-refractivity contribution in [3.8, 4) is 0 Å². The van der Waals surface area contributed by atoms with Gasteiger partial charge in [0.05, 0.1) is 0 Å². The van der Waals surface area contributed by atoms with E-state index in [9.17, 15) is 0 Å². The number of hydrogen-bond acceptors (Lipinski definition) is 2. The van der Waals surface area contributed by atoms with Crippen LogP contribution in [-0.2, 0) is 30.9 Å². The molecule has 7 heavy (non-hydrogen) atoms. The van der Waals surface area contributed by atoms with E-state index in [-0.39, 0.29) is 26.2 Å². The average molecular weight is 181 g/mol. The van der Waals surface area contributed by atoms with Gasteiger partial charge in [-0.05, 0) is 6.42 Å². The van der Waals surface area contributed by atoms with E-state index in [0.29, 0.717) is 6.42 Å². The molecule has 0 aliphatic carbocycles. The maximum absolute atomic E-state index is 8.44. The predicted octanol–water partition coefficient (Wildman–Crippen LogP) is 0.359. The molecule has 0 radical (unpaired) electrons. The van der Waals surface area contributed by atoms with Crippen LogP contribution in [0.15, 0.2) is 0 Å². The molecule has 0 heterocycles. The van der Waals surface area contributed by atoms with Gasteiger partial charge in [0.15, 0.2) is 6.29 Å². The molecule has 0 rings (SSSR count). The summed E-state index contributed by atoms with van der Waals surface area (Å²) in [4.78, 5) is 0. The molecule has 42 valence electrons. The van der Waals surface area contributed by atoms with E-state index in [1.807, 2.05) is 6.92 Å². The Balaban J connectivity index is 0. The Bertz CT molecular complexity index is 28.9. The molecule has 0 aliphatic rings. The molecule has 0 saturated carbocycles. The minimum atomic E-state index is -0.565. The van der Waals surface area contributed by atoms with Gasteiger partial charge in [-0.1, -0.05) is 6.92 Å². The minimum absolute atomic E-state index is 0. The first-order valence-corrected chi connectivity index (χ1v) is 2.02. The van der Waals surface area contributed by atoms with Gasteiger partial charge in [0.2, 0.25) is 0 Å². The standard InChI is InChI=1S/C4H10O2.Zr/c1-3-4(5)6-2;/h4-5H,3H2,1-2H3;. The summed E-state index contributed by atoms with van der Waals surface area (Å²) in [5, 5.41) is 8.44. The Kier molecular flexibility index (Phi) is 10.4. The fourth-order valence-corrected chi connectivity index (χ4v) is 0.167. The summed E-state index contributed by atoms with van der Waals surface area (Å²) in [5.74, 6) is 0. The van der Waals surface area contributed by atoms with Gasteiger partial charge in [0.1, 0.15) is 0 Å². The van der Waals surface area contributed by atoms with Crippen molar-refractivity contribution < 1.29 is 36.0 Å². The summed E-state index contributed by atoms with van der Waals surface area (Å²) >= 11 is 0. The third kappa shape index (κ3) is 6.80. The molecule has 0 saturated heterocycles. The van der Waals surface area contributed by atoms with E-state index < -0.39 is 6.29 Å². The molecule has 0 aromatic carbocycles. The first-order chi connectivity index (χ1) is 2.81. The van der Waals surface area contributed by atoms with Gasteiger partial charge in [-0.15, -0.1) is 0 Å². The Morgan fingerprint density at radius 1 is 1.71 bits per heavy atom. The number of rotatable bonds is 2. The first-order valence-electron chi connectivity index (χ1n) is 2.02. The van der Waals surface area contributed by atoms with Gasteiger partial charge in [0, 0.05) is 33.3 Å². The summed E-state index contributed by atoms with van der Waals surface area (Å²) in [7, 11) is 1.48. The van der Waals surface area contributed by atoms with Crippen LogP contribution in [-0.4, -0.2) is 18.5 Å². The van der Waals surface area contributed by atoms with Crippen LogP contribution in [0.5, 0.6) is 0 Å². The Hall–Kier alpha value is 0.803. The molecular formula is C4H10O2Zr. The van der Waals surface area contributed by atoms with Gasteiger partial charge in [-0.2, -0.15) is 0 Å². The Morgan fingerprint density at radius 2 is 2.14 bits per heavy atom. The number of aliphatic hydroxyl groups excluding tert-OH is 1. The van der Waals surface area contributed by atoms with Crippen molar-refractivity contribution in [3.05, 3.63) is 0 Å². The molecule has 2 nitrogen and oxygen atoms in total. The largest absolute Gasteiger partial charge is 0.368 e. The first kappa shape index (κ1) is 10.7. The number of methoxy groups -OCH3 is 1. The molecule has 0 spiro atoms. The van der Waals surface area contributed by atoms with Gasteiger partial charge >= 0.3 is 0 Å². The maximum atomic E-state index is 8.44. The molecule has 0 aromatic heterocycles. The number of aliphatic hydroxyl groups is 1. The second kappa shape index (κ2) is 6.80. The van der Waals surface area contributed by atoms with Crippen molar-refractivity contribution in [2.24, 2.45) is 0 Å². The Labute approximate surface area is 63.0 Å². The van der Waals surface area contributed by atoms with E-state index in [0.717, 1.165) is 0 Å². The molecule has 0 amide bonds. The molecule has 1 atom stereocenters. The van der Waals surface area contributed by atoms with E-state index >= 15 is 0 Å². The molecule has 0 aromatic rings. The van der Waals surface area contributed by atoms with E-state index in [4.69, 9.17) is 5.11 Å². The molecule has 0 bridgehead atoms. The molecule has 0 aliphatic heterocycles. The predicted molar refractivity (Wildman–Crippen MR) is 23.3 cm³/mol. The second-order valence-corrected chi connectivity index (χ2v) is 1.10. The van der Waals surface area contributed by atoms with Crippen LogP contribution in [0.1, 0.15) is 13.3 Å². The summed E-state index contributed by atoms with van der Waals surface area (Å²) in [6.45, 7) is 1.86. The SMILES string of the molecule is CCC(O)OC.[Zr]. The topological polar surface area (TPSA) is 29.5 Å². The van der Waals surface area contributed by atoms with E-state index in [2.05, 4.69) is 4.74 Å². The van der Waals surface area contributed by atoms with E-state index in [1.54, 1.807) is 0 Å². The fourth-order valence-electron chi connectivity index (χ4n) is 0.167. The van der Waals surface area contributed by atoms with Gasteiger partial charge in [-0.3, -0.25) is 0 Å². The van der Waals surface area contributed by atoms with E-state index in [1.165, 1.54) is 7.11 Å². The quantitative estimate of drug-likeness (QED) is 0.623. The monoisotopic (exact) mass is 180 g/mol. The zero-order valence-electron chi connectivity index (χ0n) is 4.64. The average Bonchev–Trinajstić information content (AvgIpc) is 1.65. The smallest absolute Gasteiger partial charge is 0.153 e. The van der Waals surface area contributed by atoms with Crippen LogP contribution in [0.3, 0.4) is 0 Å². The van der Waals surface area contributed by atoms with Crippen LogP contribution >= 0.6 is 0 Å². The third-order valence-corrected chi connectivity index (χ3v) is 0.621. The van der Waals surface area contributed by atoms with Gasteiger partial charge in [0.25, 0.3) is 0 Å². The number of hydrogen-bond donors (Lipinski definition) is 1. The zero-order chi connectivity index (χ0) is 4.99. The molecule has 1 N–H and O–H groups in total. The fraction of sp³-hybridized carbons (Fsp3) is 1.00. The summed E-state index contributed by atoms with van der Waals surface area (Å²) in [6.07, 6.45) is 0.0984.